The van der Waals surface area contributed by atoms with Crippen molar-refractivity contribution in [2.24, 2.45) is 16.7 Å². The number of benzene rings is 2. The first-order valence-electron chi connectivity index (χ1n) is 20.7. The Morgan fingerprint density at radius 1 is 0.934 bits per heavy atom. The van der Waals surface area contributed by atoms with Crippen molar-refractivity contribution in [1.29, 1.82) is 0 Å². The molecule has 4 aliphatic rings. The fraction of sp³-hybridized carbons (Fsp3) is 0.587. The molecule has 1 saturated heterocycles. The quantitative estimate of drug-likeness (QED) is 0.145. The summed E-state index contributed by atoms with van der Waals surface area (Å²) in [6.45, 7) is 15.5. The molecular formula is C46H59NO14. The number of aliphatic hydroxyl groups is 3. The number of hydrogen-bond acceptors (Lipinski definition) is 14. The monoisotopic (exact) mass is 849 g/mol. The van der Waals surface area contributed by atoms with Gasteiger partial charge in [-0.25, -0.2) is 14.4 Å². The summed E-state index contributed by atoms with van der Waals surface area (Å²) in [5.74, 6) is -5.00. The second-order valence-electron chi connectivity index (χ2n) is 18.7. The molecule has 0 aromatic heterocycles. The van der Waals surface area contributed by atoms with Crippen molar-refractivity contribution in [1.82, 2.24) is 5.32 Å². The summed E-state index contributed by atoms with van der Waals surface area (Å²) in [6.07, 6.45) is -11.2. The minimum Gasteiger partial charge on any atom is -0.456 e. The summed E-state index contributed by atoms with van der Waals surface area (Å²) in [7, 11) is 0. The number of rotatable bonds is 10. The summed E-state index contributed by atoms with van der Waals surface area (Å²) < 4.78 is 36.4. The van der Waals surface area contributed by atoms with Crippen LogP contribution in [0.2, 0.25) is 0 Å². The van der Waals surface area contributed by atoms with Gasteiger partial charge in [-0.15, -0.1) is 0 Å². The lowest BCUT2D eigenvalue weighted by molar-refractivity contribution is -0.346. The predicted octanol–water partition coefficient (Wildman–Crippen LogP) is 4.69. The van der Waals surface area contributed by atoms with E-state index in [9.17, 15) is 34.5 Å². The van der Waals surface area contributed by atoms with Crippen molar-refractivity contribution in [2.45, 2.75) is 148 Å². The molecule has 3 aliphatic carbocycles. The molecule has 0 spiro atoms. The van der Waals surface area contributed by atoms with Crippen LogP contribution in [0, 0.1) is 16.7 Å². The van der Waals surface area contributed by atoms with Gasteiger partial charge in [0.25, 0.3) is 0 Å². The number of Topliss-reactive ketones (excluding diaryl/α,β-unsaturated/α-hetero) is 1. The van der Waals surface area contributed by atoms with Crippen LogP contribution in [0.15, 0.2) is 71.8 Å². The molecule has 1 amide bonds. The van der Waals surface area contributed by atoms with Gasteiger partial charge in [0.2, 0.25) is 0 Å². The smallest absolute Gasteiger partial charge is 0.408 e. The second kappa shape index (κ2) is 16.6. The highest BCUT2D eigenvalue weighted by atomic mass is 16.6. The second-order valence-corrected chi connectivity index (χ2v) is 18.7. The van der Waals surface area contributed by atoms with Crippen LogP contribution in [-0.2, 0) is 42.8 Å². The molecule has 15 nitrogen and oxygen atoms in total. The maximum Gasteiger partial charge on any atom is 0.408 e. The van der Waals surface area contributed by atoms with Crippen LogP contribution in [-0.4, -0.2) is 111 Å². The van der Waals surface area contributed by atoms with Gasteiger partial charge >= 0.3 is 24.0 Å². The van der Waals surface area contributed by atoms with E-state index in [0.717, 1.165) is 0 Å². The third-order valence-corrected chi connectivity index (χ3v) is 13.0. The molecule has 1 heterocycles. The highest BCUT2D eigenvalue weighted by molar-refractivity contribution is 5.94. The number of alkyl carbamates (subject to hydrolysis) is 1. The third kappa shape index (κ3) is 8.11. The van der Waals surface area contributed by atoms with Crippen molar-refractivity contribution >= 4 is 29.8 Å². The number of carbonyl (C=O) groups is 5. The number of hydrogen-bond donors (Lipinski definition) is 4. The average molecular weight is 850 g/mol. The molecule has 2 saturated carbocycles. The van der Waals surface area contributed by atoms with E-state index in [1.165, 1.54) is 26.0 Å². The molecule has 3 fully saturated rings. The van der Waals surface area contributed by atoms with Gasteiger partial charge in [-0.05, 0) is 77.3 Å². The maximum atomic E-state index is 15.1. The highest BCUT2D eigenvalue weighted by Gasteiger charge is 2.78. The number of ether oxygens (including phenoxy) is 6. The van der Waals surface area contributed by atoms with E-state index in [0.29, 0.717) is 5.56 Å². The summed E-state index contributed by atoms with van der Waals surface area (Å²) >= 11 is 0. The molecule has 4 N–H and O–H groups in total. The topological polar surface area (TPSA) is 213 Å². The summed E-state index contributed by atoms with van der Waals surface area (Å²) in [6, 6.07) is 15.4. The fourth-order valence-electron chi connectivity index (χ4n) is 9.97. The third-order valence-electron chi connectivity index (χ3n) is 13.0. The lowest BCUT2D eigenvalue weighted by Gasteiger charge is -2.67. The molecule has 1 unspecified atom stereocenters. The minimum absolute atomic E-state index is 0.0157. The Morgan fingerprint density at radius 2 is 1.54 bits per heavy atom. The van der Waals surface area contributed by atoms with Crippen molar-refractivity contribution < 1.29 is 67.7 Å². The van der Waals surface area contributed by atoms with E-state index in [1.807, 2.05) is 0 Å². The number of esters is 3. The van der Waals surface area contributed by atoms with Gasteiger partial charge in [0, 0.05) is 25.2 Å². The molecule has 332 valence electrons. The zero-order valence-electron chi connectivity index (χ0n) is 36.4. The molecule has 6 rings (SSSR count). The summed E-state index contributed by atoms with van der Waals surface area (Å²) in [4.78, 5) is 70.3. The van der Waals surface area contributed by atoms with Gasteiger partial charge in [0.05, 0.1) is 41.8 Å². The molecule has 15 heteroatoms. The van der Waals surface area contributed by atoms with Gasteiger partial charge < -0.3 is 49.1 Å². The van der Waals surface area contributed by atoms with Crippen LogP contribution in [0.5, 0.6) is 0 Å². The van der Waals surface area contributed by atoms with Crippen molar-refractivity contribution in [3.63, 3.8) is 0 Å². The standard InChI is InChI=1S/C46H59NO14/c1-24(2)57-35(33(27-17-13-11-14-18-27)47-41(54)61-42(5,6)7)40(53)58-29-22-46(55)38(59-39(52)28-19-15-12-16-20-28)36-44(10,37(51)34(50)32(25(29)3)43(46,8)9)30(49)21-31-45(36,23-56-31)60-26(4)48/h11-20,24,29-31,33-36,38,49-50,55H,21-23H2,1-10H3,(H,47,54)/t29-,30-,31+,33-,34+,35+,36-,38?,44+,45-,46+/m0/s1. The molecule has 2 bridgehead atoms. The zero-order valence-corrected chi connectivity index (χ0v) is 36.4. The van der Waals surface area contributed by atoms with Crippen LogP contribution in [0.1, 0.15) is 104 Å². The van der Waals surface area contributed by atoms with Gasteiger partial charge in [-0.1, -0.05) is 62.4 Å². The highest BCUT2D eigenvalue weighted by Crippen LogP contribution is 2.64. The summed E-state index contributed by atoms with van der Waals surface area (Å²) in [5.41, 5.74) is -7.74. The minimum atomic E-state index is -2.32. The predicted molar refractivity (Wildman–Crippen MR) is 218 cm³/mol. The average Bonchev–Trinajstić information content (AvgIpc) is 3.17. The van der Waals surface area contributed by atoms with Gasteiger partial charge in [-0.3, -0.25) is 9.59 Å². The molecule has 2 aromatic carbocycles. The van der Waals surface area contributed by atoms with E-state index in [2.05, 4.69) is 5.32 Å². The van der Waals surface area contributed by atoms with Crippen LogP contribution in [0.25, 0.3) is 0 Å². The number of aliphatic hydroxyl groups excluding tert-OH is 2. The Labute approximate surface area is 356 Å². The fourth-order valence-corrected chi connectivity index (χ4v) is 9.97. The first kappa shape index (κ1) is 45.8. The van der Waals surface area contributed by atoms with Crippen LogP contribution >= 0.6 is 0 Å². The molecule has 0 radical (unpaired) electrons. The van der Waals surface area contributed by atoms with E-state index in [-0.39, 0.29) is 29.7 Å². The van der Waals surface area contributed by atoms with Gasteiger partial charge in [0.1, 0.15) is 35.6 Å². The first-order chi connectivity index (χ1) is 28.4. The Bertz CT molecular complexity index is 2040. The summed E-state index contributed by atoms with van der Waals surface area (Å²) in [5, 5.41) is 40.6. The van der Waals surface area contributed by atoms with Gasteiger partial charge in [0.15, 0.2) is 17.5 Å². The molecule has 11 atom stereocenters. The van der Waals surface area contributed by atoms with Crippen LogP contribution in [0.3, 0.4) is 0 Å². The van der Waals surface area contributed by atoms with Crippen molar-refractivity contribution in [2.75, 3.05) is 6.61 Å². The number of nitrogens with one attached hydrogen (secondary N) is 1. The first-order valence-corrected chi connectivity index (χ1v) is 20.7. The Hall–Kier alpha value is -4.67. The SMILES string of the molecule is CC(=O)O[C@@]12CO[C@@H]1C[C@H](O)[C@@]1(C)C(=O)[C@H](O)C3=C(C)[C@@H](OC(=O)[C@H](OC(C)C)[C@@H](NC(=O)OC(C)(C)C)c4ccccc4)C[C@@](O)(C(OC(=O)c4ccccc4)[C@H]21)C3(C)C. The van der Waals surface area contributed by atoms with E-state index >= 15 is 4.79 Å². The lowest BCUT2D eigenvalue weighted by atomic mass is 9.44. The number of fused-ring (bicyclic) bond motifs is 5. The molecular weight excluding hydrogens is 790 g/mol. The Morgan fingerprint density at radius 3 is 2.08 bits per heavy atom. The maximum absolute atomic E-state index is 15.1. The van der Waals surface area contributed by atoms with E-state index in [4.69, 9.17) is 28.4 Å². The molecule has 1 aliphatic heterocycles. The van der Waals surface area contributed by atoms with Gasteiger partial charge in [-0.2, -0.15) is 0 Å². The van der Waals surface area contributed by atoms with Crippen molar-refractivity contribution in [3.05, 3.63) is 82.9 Å². The molecule has 2 aromatic rings. The van der Waals surface area contributed by atoms with Crippen LogP contribution in [0.4, 0.5) is 4.79 Å². The number of amides is 1. The lowest BCUT2D eigenvalue weighted by Crippen LogP contribution is -2.81. The zero-order chi connectivity index (χ0) is 45.0. The van der Waals surface area contributed by atoms with Crippen LogP contribution < -0.4 is 5.32 Å². The van der Waals surface area contributed by atoms with Crippen molar-refractivity contribution in [3.8, 4) is 0 Å². The van der Waals surface area contributed by atoms with E-state index < -0.39 is 119 Å². The number of ketones is 1. The van der Waals surface area contributed by atoms with E-state index in [1.54, 1.807) is 104 Å². The Balaban J connectivity index is 1.52. The molecule has 61 heavy (non-hydrogen) atoms. The number of carbonyl (C=O) groups excluding carboxylic acids is 5. The Kier molecular flexibility index (Phi) is 12.4. The largest absolute Gasteiger partial charge is 0.456 e. The normalized spacial score (nSPS) is 32.7.